The van der Waals surface area contributed by atoms with E-state index in [1.807, 2.05) is 13.1 Å². The molecule has 1 aromatic rings. The van der Waals surface area contributed by atoms with Gasteiger partial charge in [-0.05, 0) is 32.0 Å². The largest absolute Gasteiger partial charge is 0.467 e. The van der Waals surface area contributed by atoms with Gasteiger partial charge in [-0.3, -0.25) is 0 Å². The van der Waals surface area contributed by atoms with E-state index in [4.69, 9.17) is 4.74 Å². The van der Waals surface area contributed by atoms with Gasteiger partial charge in [-0.1, -0.05) is 13.8 Å². The van der Waals surface area contributed by atoms with Gasteiger partial charge in [-0.2, -0.15) is 0 Å². The van der Waals surface area contributed by atoms with Gasteiger partial charge in [0, 0.05) is 18.4 Å². The molecule has 90 valence electrons. The molecular formula is C12H21N3O. The molecule has 0 spiro atoms. The van der Waals surface area contributed by atoms with Gasteiger partial charge in [-0.25, -0.2) is 9.97 Å². The molecule has 0 aliphatic carbocycles. The molecule has 0 saturated carbocycles. The fourth-order valence-electron chi connectivity index (χ4n) is 1.63. The van der Waals surface area contributed by atoms with Gasteiger partial charge >= 0.3 is 6.01 Å². The Bertz CT molecular complexity index is 324. The quantitative estimate of drug-likeness (QED) is 0.735. The maximum Gasteiger partial charge on any atom is 0.316 e. The predicted octanol–water partition coefficient (Wildman–Crippen LogP) is 1.68. The van der Waals surface area contributed by atoms with Crippen LogP contribution in [-0.2, 0) is 6.42 Å². The summed E-state index contributed by atoms with van der Waals surface area (Å²) < 4.78 is 4.99. The lowest BCUT2D eigenvalue weighted by Crippen LogP contribution is -2.25. The Labute approximate surface area is 97.7 Å². The van der Waals surface area contributed by atoms with E-state index in [0.29, 0.717) is 6.01 Å². The summed E-state index contributed by atoms with van der Waals surface area (Å²) in [4.78, 5) is 10.8. The Morgan fingerprint density at radius 1 is 1.31 bits per heavy atom. The summed E-state index contributed by atoms with van der Waals surface area (Å²) in [5.41, 5.74) is 2.21. The van der Waals surface area contributed by atoms with Crippen LogP contribution in [0.4, 0.5) is 0 Å². The molecule has 1 heterocycles. The number of likely N-dealkylation sites (N-methyl/N-ethyl adjacent to an activating group) is 1. The second-order valence-electron chi connectivity index (χ2n) is 3.74. The highest BCUT2D eigenvalue weighted by Gasteiger charge is 2.05. The van der Waals surface area contributed by atoms with Crippen molar-refractivity contribution in [2.75, 3.05) is 26.7 Å². The summed E-state index contributed by atoms with van der Waals surface area (Å²) in [5, 5.41) is 0. The van der Waals surface area contributed by atoms with Crippen LogP contribution in [0.5, 0.6) is 6.01 Å². The zero-order valence-corrected chi connectivity index (χ0v) is 10.7. The molecule has 4 nitrogen and oxygen atoms in total. The fourth-order valence-corrected chi connectivity index (χ4v) is 1.63. The Balaban J connectivity index is 2.60. The van der Waals surface area contributed by atoms with Gasteiger partial charge in [0.15, 0.2) is 0 Å². The van der Waals surface area contributed by atoms with E-state index in [0.717, 1.165) is 31.7 Å². The van der Waals surface area contributed by atoms with Crippen LogP contribution in [-0.4, -0.2) is 41.6 Å². The maximum atomic E-state index is 4.99. The third-order valence-corrected chi connectivity index (χ3v) is 2.83. The van der Waals surface area contributed by atoms with E-state index >= 15 is 0 Å². The van der Waals surface area contributed by atoms with E-state index in [1.165, 1.54) is 5.56 Å². The van der Waals surface area contributed by atoms with Crippen molar-refractivity contribution < 1.29 is 4.74 Å². The average Bonchev–Trinajstić information content (AvgIpc) is 2.32. The van der Waals surface area contributed by atoms with Gasteiger partial charge in [0.2, 0.25) is 0 Å². The third kappa shape index (κ3) is 3.45. The third-order valence-electron chi connectivity index (χ3n) is 2.83. The Hall–Kier alpha value is -1.16. The topological polar surface area (TPSA) is 38.2 Å². The summed E-state index contributed by atoms with van der Waals surface area (Å²) in [5.74, 6) is 0. The summed E-state index contributed by atoms with van der Waals surface area (Å²) in [6.07, 6.45) is 2.86. The van der Waals surface area contributed by atoms with E-state index in [9.17, 15) is 0 Å². The lowest BCUT2D eigenvalue weighted by atomic mass is 10.1. The van der Waals surface area contributed by atoms with Gasteiger partial charge in [0.1, 0.15) is 0 Å². The second kappa shape index (κ2) is 6.43. The Kier molecular flexibility index (Phi) is 5.19. The highest BCUT2D eigenvalue weighted by Crippen LogP contribution is 2.09. The standard InChI is InChI=1S/C12H21N3O/c1-5-15(6-2)8-7-11-9-13-12(16-4)14-10(11)3/h9H,5-8H2,1-4H3. The van der Waals surface area contributed by atoms with Crippen molar-refractivity contribution in [3.05, 3.63) is 17.5 Å². The Morgan fingerprint density at radius 3 is 2.50 bits per heavy atom. The molecule has 0 amide bonds. The first-order valence-electron chi connectivity index (χ1n) is 5.80. The minimum atomic E-state index is 0.448. The zero-order valence-electron chi connectivity index (χ0n) is 10.7. The van der Waals surface area contributed by atoms with Crippen LogP contribution in [0.1, 0.15) is 25.1 Å². The van der Waals surface area contributed by atoms with Crippen molar-refractivity contribution in [3.63, 3.8) is 0 Å². The number of ether oxygens (including phenoxy) is 1. The number of hydrogen-bond acceptors (Lipinski definition) is 4. The molecule has 0 aromatic carbocycles. The normalized spacial score (nSPS) is 10.8. The zero-order chi connectivity index (χ0) is 12.0. The lowest BCUT2D eigenvalue weighted by Gasteiger charge is -2.18. The fraction of sp³-hybridized carbons (Fsp3) is 0.667. The van der Waals surface area contributed by atoms with Crippen molar-refractivity contribution in [2.45, 2.75) is 27.2 Å². The smallest absolute Gasteiger partial charge is 0.316 e. The van der Waals surface area contributed by atoms with E-state index in [1.54, 1.807) is 7.11 Å². The van der Waals surface area contributed by atoms with Crippen LogP contribution in [0.2, 0.25) is 0 Å². The first-order valence-corrected chi connectivity index (χ1v) is 5.80. The van der Waals surface area contributed by atoms with Crippen LogP contribution in [0.15, 0.2) is 6.20 Å². The van der Waals surface area contributed by atoms with Gasteiger partial charge < -0.3 is 9.64 Å². The van der Waals surface area contributed by atoms with Crippen LogP contribution in [0.25, 0.3) is 0 Å². The molecule has 16 heavy (non-hydrogen) atoms. The van der Waals surface area contributed by atoms with Gasteiger partial charge in [0.25, 0.3) is 0 Å². The molecule has 0 aliphatic rings. The lowest BCUT2D eigenvalue weighted by molar-refractivity contribution is 0.307. The minimum Gasteiger partial charge on any atom is -0.467 e. The molecule has 0 fully saturated rings. The molecular weight excluding hydrogens is 202 g/mol. The molecule has 4 heteroatoms. The predicted molar refractivity (Wildman–Crippen MR) is 64.8 cm³/mol. The molecule has 0 bridgehead atoms. The summed E-state index contributed by atoms with van der Waals surface area (Å²) in [6.45, 7) is 9.60. The molecule has 0 saturated heterocycles. The number of methoxy groups -OCH3 is 1. The van der Waals surface area contributed by atoms with Crippen molar-refractivity contribution >= 4 is 0 Å². The number of rotatable bonds is 6. The van der Waals surface area contributed by atoms with Gasteiger partial charge in [-0.15, -0.1) is 0 Å². The van der Waals surface area contributed by atoms with Crippen molar-refractivity contribution in [2.24, 2.45) is 0 Å². The van der Waals surface area contributed by atoms with Crippen molar-refractivity contribution in [1.29, 1.82) is 0 Å². The van der Waals surface area contributed by atoms with Crippen molar-refractivity contribution in [3.8, 4) is 6.01 Å². The summed E-state index contributed by atoms with van der Waals surface area (Å²) >= 11 is 0. The van der Waals surface area contributed by atoms with Crippen molar-refractivity contribution in [1.82, 2.24) is 14.9 Å². The summed E-state index contributed by atoms with van der Waals surface area (Å²) in [7, 11) is 1.59. The van der Waals surface area contributed by atoms with Crippen LogP contribution in [0, 0.1) is 6.92 Å². The minimum absolute atomic E-state index is 0.448. The van der Waals surface area contributed by atoms with E-state index in [-0.39, 0.29) is 0 Å². The molecule has 0 radical (unpaired) electrons. The number of aromatic nitrogens is 2. The Morgan fingerprint density at radius 2 is 2.00 bits per heavy atom. The highest BCUT2D eigenvalue weighted by molar-refractivity contribution is 5.18. The first-order chi connectivity index (χ1) is 7.71. The van der Waals surface area contributed by atoms with E-state index < -0.39 is 0 Å². The van der Waals surface area contributed by atoms with Gasteiger partial charge in [0.05, 0.1) is 7.11 Å². The average molecular weight is 223 g/mol. The maximum absolute atomic E-state index is 4.99. The molecule has 0 atom stereocenters. The highest BCUT2D eigenvalue weighted by atomic mass is 16.5. The first kappa shape index (κ1) is 12.9. The van der Waals surface area contributed by atoms with Crippen LogP contribution < -0.4 is 4.74 Å². The number of nitrogens with zero attached hydrogens (tertiary/aromatic N) is 3. The van der Waals surface area contributed by atoms with Crippen LogP contribution in [0.3, 0.4) is 0 Å². The molecule has 1 aromatic heterocycles. The molecule has 0 unspecified atom stereocenters. The van der Waals surface area contributed by atoms with E-state index in [2.05, 4.69) is 28.7 Å². The summed E-state index contributed by atoms with van der Waals surface area (Å²) in [6, 6.07) is 0.448. The monoisotopic (exact) mass is 223 g/mol. The number of hydrogen-bond donors (Lipinski definition) is 0. The molecule has 0 aliphatic heterocycles. The van der Waals surface area contributed by atoms with Crippen LogP contribution >= 0.6 is 0 Å². The molecule has 0 N–H and O–H groups in total. The second-order valence-corrected chi connectivity index (χ2v) is 3.74. The SMILES string of the molecule is CCN(CC)CCc1cnc(OC)nc1C. The molecule has 1 rings (SSSR count). The number of aryl methyl sites for hydroxylation is 1.